The van der Waals surface area contributed by atoms with Crippen molar-refractivity contribution in [3.63, 3.8) is 0 Å². The zero-order chi connectivity index (χ0) is 18.3. The van der Waals surface area contributed by atoms with Crippen LogP contribution in [-0.4, -0.2) is 16.7 Å². The lowest BCUT2D eigenvalue weighted by molar-refractivity contribution is -0.150. The first kappa shape index (κ1) is 18.9. The van der Waals surface area contributed by atoms with Gasteiger partial charge in [0, 0.05) is 0 Å². The van der Waals surface area contributed by atoms with Gasteiger partial charge in [0.15, 0.2) is 0 Å². The van der Waals surface area contributed by atoms with Crippen LogP contribution in [0, 0.1) is 12.8 Å². The number of carbonyl (C=O) groups is 1. The molecule has 1 atom stereocenters. The molecule has 0 aliphatic rings. The monoisotopic (exact) mass is 338 g/mol. The van der Waals surface area contributed by atoms with Crippen molar-refractivity contribution in [3.05, 3.63) is 77.4 Å². The summed E-state index contributed by atoms with van der Waals surface area (Å²) in [5, 5.41) is 10.9. The topological polar surface area (TPSA) is 46.5 Å². The average molecular weight is 338 g/mol. The van der Waals surface area contributed by atoms with Crippen molar-refractivity contribution in [2.45, 2.75) is 39.4 Å². The Morgan fingerprint density at radius 3 is 2.36 bits per heavy atom. The minimum atomic E-state index is -1.24. The average Bonchev–Trinajstić information content (AvgIpc) is 2.60. The summed E-state index contributed by atoms with van der Waals surface area (Å²) in [4.78, 5) is 12.2. The molecule has 1 unspecified atom stereocenters. The number of aliphatic hydroxyl groups is 1. The molecule has 0 aliphatic heterocycles. The van der Waals surface area contributed by atoms with E-state index in [0.29, 0.717) is 0 Å². The summed E-state index contributed by atoms with van der Waals surface area (Å²) >= 11 is 0. The molecule has 2 aromatic carbocycles. The molecular weight excluding hydrogens is 312 g/mol. The van der Waals surface area contributed by atoms with E-state index in [1.54, 1.807) is 6.08 Å². The summed E-state index contributed by atoms with van der Waals surface area (Å²) in [5.41, 5.74) is 1.86. The van der Waals surface area contributed by atoms with Crippen molar-refractivity contribution in [1.82, 2.24) is 0 Å². The molecule has 3 nitrogen and oxygen atoms in total. The molecule has 0 heterocycles. The third-order valence-corrected chi connectivity index (χ3v) is 4.31. The minimum Gasteiger partial charge on any atom is -0.461 e. The van der Waals surface area contributed by atoms with Crippen LogP contribution in [0.4, 0.5) is 0 Å². The van der Waals surface area contributed by atoms with Gasteiger partial charge in [-0.3, -0.25) is 4.79 Å². The van der Waals surface area contributed by atoms with E-state index in [4.69, 9.17) is 4.74 Å². The van der Waals surface area contributed by atoms with Crippen molar-refractivity contribution < 1.29 is 14.6 Å². The number of carbonyl (C=O) groups excluding carboxylic acids is 1. The molecule has 132 valence electrons. The van der Waals surface area contributed by atoms with Gasteiger partial charge in [-0.1, -0.05) is 86.2 Å². The maximum Gasteiger partial charge on any atom is 0.309 e. The van der Waals surface area contributed by atoms with Gasteiger partial charge in [-0.25, -0.2) is 0 Å². The van der Waals surface area contributed by atoms with E-state index in [0.717, 1.165) is 11.1 Å². The lowest BCUT2D eigenvalue weighted by Crippen LogP contribution is -2.35. The minimum absolute atomic E-state index is 0.0696. The fraction of sp³-hybridized carbons (Fsp3) is 0.318. The number of aryl methyl sites for hydroxylation is 1. The quantitative estimate of drug-likeness (QED) is 0.755. The summed E-state index contributed by atoms with van der Waals surface area (Å²) in [6.45, 7) is 6.03. The highest BCUT2D eigenvalue weighted by Crippen LogP contribution is 2.25. The number of hydrogen-bond donors (Lipinski definition) is 1. The highest BCUT2D eigenvalue weighted by Gasteiger charge is 2.31. The second-order valence-electron chi connectivity index (χ2n) is 6.71. The second kappa shape index (κ2) is 8.63. The van der Waals surface area contributed by atoms with Crippen LogP contribution in [0.5, 0.6) is 0 Å². The number of esters is 1. The highest BCUT2D eigenvalue weighted by molar-refractivity contribution is 5.71. The Hall–Kier alpha value is -2.39. The lowest BCUT2D eigenvalue weighted by Gasteiger charge is -2.28. The molecule has 0 radical (unpaired) electrons. The van der Waals surface area contributed by atoms with Crippen molar-refractivity contribution >= 4 is 12.0 Å². The van der Waals surface area contributed by atoms with Gasteiger partial charge >= 0.3 is 5.97 Å². The molecule has 0 amide bonds. The zero-order valence-electron chi connectivity index (χ0n) is 15.1. The van der Waals surface area contributed by atoms with Gasteiger partial charge in [-0.05, 0) is 24.0 Å². The molecule has 2 aromatic rings. The zero-order valence-corrected chi connectivity index (χ0v) is 15.1. The van der Waals surface area contributed by atoms with Crippen LogP contribution in [0.2, 0.25) is 0 Å². The van der Waals surface area contributed by atoms with E-state index in [1.165, 1.54) is 5.56 Å². The van der Waals surface area contributed by atoms with Gasteiger partial charge in [0.2, 0.25) is 0 Å². The van der Waals surface area contributed by atoms with Crippen LogP contribution in [0.3, 0.4) is 0 Å². The Kier molecular flexibility index (Phi) is 6.54. The van der Waals surface area contributed by atoms with Gasteiger partial charge in [0.1, 0.15) is 6.61 Å². The molecule has 0 aromatic heterocycles. The summed E-state index contributed by atoms with van der Waals surface area (Å²) < 4.78 is 5.31. The van der Waals surface area contributed by atoms with E-state index in [2.05, 4.69) is 0 Å². The van der Waals surface area contributed by atoms with Crippen LogP contribution in [0.15, 0.2) is 60.7 Å². The van der Waals surface area contributed by atoms with Gasteiger partial charge in [-0.15, -0.1) is 0 Å². The fourth-order valence-corrected chi connectivity index (χ4v) is 2.39. The molecule has 0 spiro atoms. The van der Waals surface area contributed by atoms with E-state index in [1.807, 2.05) is 81.4 Å². The number of rotatable bonds is 7. The Morgan fingerprint density at radius 1 is 1.12 bits per heavy atom. The van der Waals surface area contributed by atoms with E-state index in [9.17, 15) is 9.90 Å². The Labute approximate surface area is 150 Å². The molecule has 1 N–H and O–H groups in total. The number of ether oxygens (including phenoxy) is 1. The molecule has 0 fully saturated rings. The van der Waals surface area contributed by atoms with Gasteiger partial charge < -0.3 is 9.84 Å². The largest absolute Gasteiger partial charge is 0.461 e. The summed E-state index contributed by atoms with van der Waals surface area (Å²) in [5.74, 6) is -0.521. The van der Waals surface area contributed by atoms with Crippen molar-refractivity contribution in [3.8, 4) is 0 Å². The summed E-state index contributed by atoms with van der Waals surface area (Å²) in [6, 6.07) is 17.5. The summed E-state index contributed by atoms with van der Waals surface area (Å²) in [7, 11) is 0. The maximum atomic E-state index is 12.2. The first-order chi connectivity index (χ1) is 11.9. The molecule has 0 saturated carbocycles. The van der Waals surface area contributed by atoms with Crippen LogP contribution in [0.1, 0.15) is 37.0 Å². The third kappa shape index (κ3) is 5.87. The van der Waals surface area contributed by atoms with Crippen molar-refractivity contribution in [2.75, 3.05) is 0 Å². The van der Waals surface area contributed by atoms with Gasteiger partial charge in [-0.2, -0.15) is 0 Å². The van der Waals surface area contributed by atoms with Crippen LogP contribution in [-0.2, 0) is 16.1 Å². The first-order valence-electron chi connectivity index (χ1n) is 8.57. The summed E-state index contributed by atoms with van der Waals surface area (Å²) in [6.07, 6.45) is 3.48. The molecule has 0 bridgehead atoms. The Balaban J connectivity index is 2.00. The van der Waals surface area contributed by atoms with E-state index in [-0.39, 0.29) is 18.9 Å². The maximum absolute atomic E-state index is 12.2. The predicted octanol–water partition coefficient (Wildman–Crippen LogP) is 4.53. The van der Waals surface area contributed by atoms with E-state index >= 15 is 0 Å². The number of hydrogen-bond acceptors (Lipinski definition) is 3. The van der Waals surface area contributed by atoms with E-state index < -0.39 is 11.6 Å². The van der Waals surface area contributed by atoms with Crippen molar-refractivity contribution in [2.24, 2.45) is 5.92 Å². The molecule has 0 aliphatic carbocycles. The Bertz CT molecular complexity index is 702. The highest BCUT2D eigenvalue weighted by atomic mass is 16.5. The van der Waals surface area contributed by atoms with Crippen LogP contribution >= 0.6 is 0 Å². The third-order valence-electron chi connectivity index (χ3n) is 4.31. The fourth-order valence-electron chi connectivity index (χ4n) is 2.39. The Morgan fingerprint density at radius 2 is 1.76 bits per heavy atom. The lowest BCUT2D eigenvalue weighted by atomic mass is 9.86. The smallest absolute Gasteiger partial charge is 0.309 e. The molecule has 0 saturated heterocycles. The molecular formula is C22H26O3. The SMILES string of the molecule is Cc1ccc(/C=C/C(O)(CC(=O)OCc2ccccc2)C(C)C)cc1. The molecule has 2 rings (SSSR count). The van der Waals surface area contributed by atoms with Crippen LogP contribution < -0.4 is 0 Å². The van der Waals surface area contributed by atoms with Gasteiger partial charge in [0.25, 0.3) is 0 Å². The predicted molar refractivity (Wildman–Crippen MR) is 101 cm³/mol. The second-order valence-corrected chi connectivity index (χ2v) is 6.71. The first-order valence-corrected chi connectivity index (χ1v) is 8.57. The normalized spacial score (nSPS) is 13.8. The van der Waals surface area contributed by atoms with Crippen molar-refractivity contribution in [1.29, 1.82) is 0 Å². The number of benzene rings is 2. The van der Waals surface area contributed by atoms with Crippen LogP contribution in [0.25, 0.3) is 6.08 Å². The molecule has 3 heteroatoms. The van der Waals surface area contributed by atoms with Gasteiger partial charge in [0.05, 0.1) is 12.0 Å². The standard InChI is InChI=1S/C22H26O3/c1-17(2)22(24,14-13-19-11-9-18(3)10-12-19)15-21(23)25-16-20-7-5-4-6-8-20/h4-14,17,24H,15-16H2,1-3H3/b14-13+. The molecule has 25 heavy (non-hydrogen) atoms.